The van der Waals surface area contributed by atoms with Gasteiger partial charge in [0.15, 0.2) is 0 Å². The van der Waals surface area contributed by atoms with Crippen molar-refractivity contribution >= 4 is 27.7 Å². The van der Waals surface area contributed by atoms with Gasteiger partial charge in [-0.1, -0.05) is 24.3 Å². The van der Waals surface area contributed by atoms with Crippen LogP contribution in [0.15, 0.2) is 36.4 Å². The van der Waals surface area contributed by atoms with Crippen molar-refractivity contribution in [1.29, 1.82) is 0 Å². The van der Waals surface area contributed by atoms with E-state index in [0.29, 0.717) is 5.52 Å². The van der Waals surface area contributed by atoms with Crippen LogP contribution in [0.5, 0.6) is 0 Å². The molecule has 18 heavy (non-hydrogen) atoms. The van der Waals surface area contributed by atoms with Crippen LogP contribution in [-0.2, 0) is 0 Å². The molecule has 0 saturated heterocycles. The standard InChI is InChI=1S/C14H11N3O/c1-8-2-3-9-4-5-10-6-7-11(14(15)18)17-13(10)12(9)16-8/h2-7H,1H3,(H2,15,18). The van der Waals surface area contributed by atoms with Crippen LogP contribution in [0.4, 0.5) is 0 Å². The Balaban J connectivity index is 2.46. The fraction of sp³-hybridized carbons (Fsp3) is 0.0714. The summed E-state index contributed by atoms with van der Waals surface area (Å²) in [6, 6.07) is 11.4. The van der Waals surface area contributed by atoms with E-state index in [0.717, 1.165) is 22.0 Å². The van der Waals surface area contributed by atoms with E-state index >= 15 is 0 Å². The van der Waals surface area contributed by atoms with E-state index in [1.54, 1.807) is 6.07 Å². The molecule has 1 aromatic carbocycles. The summed E-state index contributed by atoms with van der Waals surface area (Å²) in [6.07, 6.45) is 0. The van der Waals surface area contributed by atoms with Crippen molar-refractivity contribution in [1.82, 2.24) is 9.97 Å². The van der Waals surface area contributed by atoms with Gasteiger partial charge in [-0.25, -0.2) is 4.98 Å². The number of benzene rings is 1. The van der Waals surface area contributed by atoms with Gasteiger partial charge in [-0.2, -0.15) is 0 Å². The second kappa shape index (κ2) is 3.77. The zero-order chi connectivity index (χ0) is 12.7. The lowest BCUT2D eigenvalue weighted by molar-refractivity contribution is 0.0996. The number of pyridine rings is 2. The monoisotopic (exact) mass is 237 g/mol. The fourth-order valence-corrected chi connectivity index (χ4v) is 2.00. The largest absolute Gasteiger partial charge is 0.364 e. The molecule has 0 atom stereocenters. The van der Waals surface area contributed by atoms with Gasteiger partial charge in [-0.15, -0.1) is 0 Å². The first-order valence-electron chi connectivity index (χ1n) is 5.62. The zero-order valence-corrected chi connectivity index (χ0v) is 9.84. The number of carbonyl (C=O) groups is 1. The van der Waals surface area contributed by atoms with Gasteiger partial charge in [0.2, 0.25) is 0 Å². The third kappa shape index (κ3) is 1.59. The van der Waals surface area contributed by atoms with Gasteiger partial charge in [0.1, 0.15) is 5.69 Å². The molecule has 3 rings (SSSR count). The quantitative estimate of drug-likeness (QED) is 0.659. The number of nitrogens with zero attached hydrogens (tertiary/aromatic N) is 2. The predicted octanol–water partition coefficient (Wildman–Crippen LogP) is 2.19. The SMILES string of the molecule is Cc1ccc2ccc3ccc(C(N)=O)nc3c2n1. The van der Waals surface area contributed by atoms with Crippen molar-refractivity contribution in [2.75, 3.05) is 0 Å². The molecule has 0 bridgehead atoms. The first-order chi connectivity index (χ1) is 8.65. The molecule has 0 spiro atoms. The lowest BCUT2D eigenvalue weighted by atomic mass is 10.1. The molecule has 4 heteroatoms. The molecule has 2 N–H and O–H groups in total. The van der Waals surface area contributed by atoms with Crippen molar-refractivity contribution in [3.8, 4) is 0 Å². The van der Waals surface area contributed by atoms with Crippen LogP contribution in [-0.4, -0.2) is 15.9 Å². The highest BCUT2D eigenvalue weighted by Gasteiger charge is 2.07. The van der Waals surface area contributed by atoms with Crippen LogP contribution in [0.1, 0.15) is 16.2 Å². The average Bonchev–Trinajstić information content (AvgIpc) is 2.37. The summed E-state index contributed by atoms with van der Waals surface area (Å²) >= 11 is 0. The van der Waals surface area contributed by atoms with Gasteiger partial charge in [0.25, 0.3) is 5.91 Å². The molecule has 2 aromatic heterocycles. The second-order valence-electron chi connectivity index (χ2n) is 4.22. The molecule has 0 aliphatic carbocycles. The fourth-order valence-electron chi connectivity index (χ4n) is 2.00. The molecule has 0 fully saturated rings. The maximum absolute atomic E-state index is 11.2. The molecule has 0 radical (unpaired) electrons. The zero-order valence-electron chi connectivity index (χ0n) is 9.84. The number of hydrogen-bond acceptors (Lipinski definition) is 3. The Kier molecular flexibility index (Phi) is 2.23. The molecule has 2 heterocycles. The van der Waals surface area contributed by atoms with Gasteiger partial charge in [-0.05, 0) is 19.1 Å². The van der Waals surface area contributed by atoms with E-state index in [2.05, 4.69) is 9.97 Å². The third-order valence-corrected chi connectivity index (χ3v) is 2.91. The lowest BCUT2D eigenvalue weighted by Crippen LogP contribution is -2.12. The summed E-state index contributed by atoms with van der Waals surface area (Å²) in [7, 11) is 0. The molecule has 88 valence electrons. The molecular weight excluding hydrogens is 226 g/mol. The first kappa shape index (κ1) is 10.7. The second-order valence-corrected chi connectivity index (χ2v) is 4.22. The van der Waals surface area contributed by atoms with Crippen LogP contribution < -0.4 is 5.73 Å². The summed E-state index contributed by atoms with van der Waals surface area (Å²) in [5.41, 5.74) is 7.95. The maximum atomic E-state index is 11.2. The lowest BCUT2D eigenvalue weighted by Gasteiger charge is -2.04. The number of amides is 1. The summed E-state index contributed by atoms with van der Waals surface area (Å²) < 4.78 is 0. The van der Waals surface area contributed by atoms with Gasteiger partial charge in [0.05, 0.1) is 11.0 Å². The molecule has 3 aromatic rings. The van der Waals surface area contributed by atoms with E-state index in [-0.39, 0.29) is 5.69 Å². The van der Waals surface area contributed by atoms with Crippen LogP contribution in [0.25, 0.3) is 21.8 Å². The van der Waals surface area contributed by atoms with Gasteiger partial charge < -0.3 is 5.73 Å². The Labute approximate surface area is 103 Å². The smallest absolute Gasteiger partial charge is 0.267 e. The summed E-state index contributed by atoms with van der Waals surface area (Å²) in [5, 5.41) is 1.95. The normalized spacial score (nSPS) is 10.9. The van der Waals surface area contributed by atoms with E-state index in [9.17, 15) is 4.79 Å². The highest BCUT2D eigenvalue weighted by Crippen LogP contribution is 2.22. The molecule has 0 unspecified atom stereocenters. The van der Waals surface area contributed by atoms with Gasteiger partial charge in [-0.3, -0.25) is 9.78 Å². The number of aryl methyl sites for hydroxylation is 1. The van der Waals surface area contributed by atoms with E-state index in [4.69, 9.17) is 5.73 Å². The topological polar surface area (TPSA) is 68.9 Å². The number of nitrogens with two attached hydrogens (primary N) is 1. The number of hydrogen-bond donors (Lipinski definition) is 1. The maximum Gasteiger partial charge on any atom is 0.267 e. The summed E-state index contributed by atoms with van der Waals surface area (Å²) in [6.45, 7) is 1.93. The summed E-state index contributed by atoms with van der Waals surface area (Å²) in [4.78, 5) is 20.0. The van der Waals surface area contributed by atoms with Crippen molar-refractivity contribution < 1.29 is 4.79 Å². The van der Waals surface area contributed by atoms with Crippen LogP contribution in [0, 0.1) is 6.92 Å². The highest BCUT2D eigenvalue weighted by molar-refractivity contribution is 6.04. The minimum absolute atomic E-state index is 0.262. The Bertz CT molecular complexity index is 780. The van der Waals surface area contributed by atoms with Crippen LogP contribution in [0.3, 0.4) is 0 Å². The Hall–Kier alpha value is -2.49. The van der Waals surface area contributed by atoms with Crippen molar-refractivity contribution in [3.05, 3.63) is 47.8 Å². The van der Waals surface area contributed by atoms with Gasteiger partial charge >= 0.3 is 0 Å². The van der Waals surface area contributed by atoms with Gasteiger partial charge in [0, 0.05) is 16.5 Å². The van der Waals surface area contributed by atoms with Crippen LogP contribution in [0.2, 0.25) is 0 Å². The Morgan fingerprint density at radius 3 is 2.17 bits per heavy atom. The Morgan fingerprint density at radius 1 is 0.944 bits per heavy atom. The minimum atomic E-state index is -0.526. The van der Waals surface area contributed by atoms with Crippen molar-refractivity contribution in [2.45, 2.75) is 6.92 Å². The molecule has 1 amide bonds. The van der Waals surface area contributed by atoms with E-state index < -0.39 is 5.91 Å². The predicted molar refractivity (Wildman–Crippen MR) is 70.3 cm³/mol. The number of carbonyl (C=O) groups excluding carboxylic acids is 1. The third-order valence-electron chi connectivity index (χ3n) is 2.91. The average molecular weight is 237 g/mol. The summed E-state index contributed by atoms with van der Waals surface area (Å²) in [5.74, 6) is -0.526. The molecular formula is C14H11N3O. The number of primary amides is 1. The van der Waals surface area contributed by atoms with Crippen molar-refractivity contribution in [3.63, 3.8) is 0 Å². The number of fused-ring (bicyclic) bond motifs is 3. The first-order valence-corrected chi connectivity index (χ1v) is 5.62. The van der Waals surface area contributed by atoms with Crippen LogP contribution >= 0.6 is 0 Å². The minimum Gasteiger partial charge on any atom is -0.364 e. The number of rotatable bonds is 1. The number of aromatic nitrogens is 2. The Morgan fingerprint density at radius 2 is 1.50 bits per heavy atom. The van der Waals surface area contributed by atoms with E-state index in [1.165, 1.54) is 0 Å². The van der Waals surface area contributed by atoms with E-state index in [1.807, 2.05) is 37.3 Å². The molecule has 4 nitrogen and oxygen atoms in total. The molecule has 0 aliphatic heterocycles. The van der Waals surface area contributed by atoms with Crippen molar-refractivity contribution in [2.24, 2.45) is 5.73 Å². The molecule has 0 aliphatic rings. The molecule has 0 saturated carbocycles. The highest BCUT2D eigenvalue weighted by atomic mass is 16.1.